The highest BCUT2D eigenvalue weighted by Crippen LogP contribution is 2.20. The van der Waals surface area contributed by atoms with Crippen molar-refractivity contribution < 1.29 is 28.3 Å². The van der Waals surface area contributed by atoms with Crippen molar-refractivity contribution in [1.29, 1.82) is 0 Å². The molecule has 6 nitrogen and oxygen atoms in total. The molecule has 7 heteroatoms. The maximum absolute atomic E-state index is 12.9. The van der Waals surface area contributed by atoms with Crippen LogP contribution in [0.15, 0.2) is 24.3 Å². The van der Waals surface area contributed by atoms with Gasteiger partial charge >= 0.3 is 5.97 Å². The van der Waals surface area contributed by atoms with E-state index in [-0.39, 0.29) is 30.1 Å². The number of H-pyrrole nitrogens is 1. The molecule has 1 aromatic heterocycles. The Labute approximate surface area is 162 Å². The van der Waals surface area contributed by atoms with E-state index < -0.39 is 23.7 Å². The monoisotopic (exact) mass is 387 g/mol. The lowest BCUT2D eigenvalue weighted by molar-refractivity contribution is -0.146. The van der Waals surface area contributed by atoms with Gasteiger partial charge in [0.25, 0.3) is 0 Å². The molecule has 0 amide bonds. The van der Waals surface area contributed by atoms with Gasteiger partial charge in [-0.3, -0.25) is 19.2 Å². The lowest BCUT2D eigenvalue weighted by Gasteiger charge is -2.12. The molecular weight excluding hydrogens is 365 g/mol. The van der Waals surface area contributed by atoms with Crippen molar-refractivity contribution in [2.45, 2.75) is 46.6 Å². The fourth-order valence-electron chi connectivity index (χ4n) is 3.03. The Morgan fingerprint density at radius 1 is 1.07 bits per heavy atom. The van der Waals surface area contributed by atoms with Gasteiger partial charge in [0.15, 0.2) is 17.7 Å². The van der Waals surface area contributed by atoms with Gasteiger partial charge in [0, 0.05) is 23.2 Å². The number of Topliss-reactive ketones (excluding diaryl/α,β-unsaturated/α-hetero) is 3. The van der Waals surface area contributed by atoms with Crippen LogP contribution in [0.25, 0.3) is 0 Å². The number of carbonyl (C=O) groups is 4. The fraction of sp³-hybridized carbons (Fsp3) is 0.333. The van der Waals surface area contributed by atoms with Gasteiger partial charge in [-0.05, 0) is 57.5 Å². The van der Waals surface area contributed by atoms with Gasteiger partial charge in [0.2, 0.25) is 5.78 Å². The number of halogens is 1. The van der Waals surface area contributed by atoms with Crippen LogP contribution in [0.2, 0.25) is 0 Å². The smallest absolute Gasteiger partial charge is 0.306 e. The third-order valence-corrected chi connectivity index (χ3v) is 4.44. The van der Waals surface area contributed by atoms with E-state index >= 15 is 0 Å². The molecule has 28 heavy (non-hydrogen) atoms. The van der Waals surface area contributed by atoms with E-state index in [0.717, 1.165) is 0 Å². The van der Waals surface area contributed by atoms with Gasteiger partial charge in [-0.15, -0.1) is 0 Å². The van der Waals surface area contributed by atoms with Crippen LogP contribution in [-0.4, -0.2) is 34.4 Å². The van der Waals surface area contributed by atoms with Crippen molar-refractivity contribution in [2.24, 2.45) is 0 Å². The summed E-state index contributed by atoms with van der Waals surface area (Å²) in [5.41, 5.74) is 2.07. The van der Waals surface area contributed by atoms with Crippen LogP contribution >= 0.6 is 0 Å². The molecule has 1 atom stereocenters. The number of esters is 1. The lowest BCUT2D eigenvalue weighted by Crippen LogP contribution is -2.25. The Kier molecular flexibility index (Phi) is 6.62. The van der Waals surface area contributed by atoms with Gasteiger partial charge in [0.1, 0.15) is 5.82 Å². The SMILES string of the molecule is CC(=O)c1c(C)[nH]c(C(=O)[C@@H](C)OC(=O)CCC(=O)c2ccc(F)cc2)c1C. The highest BCUT2D eigenvalue weighted by atomic mass is 19.1. The first-order valence-electron chi connectivity index (χ1n) is 8.84. The van der Waals surface area contributed by atoms with Crippen molar-refractivity contribution in [3.63, 3.8) is 0 Å². The summed E-state index contributed by atoms with van der Waals surface area (Å²) >= 11 is 0. The molecule has 0 spiro atoms. The number of aryl methyl sites for hydroxylation is 1. The Bertz CT molecular complexity index is 927. The van der Waals surface area contributed by atoms with Crippen LogP contribution in [0.5, 0.6) is 0 Å². The summed E-state index contributed by atoms with van der Waals surface area (Å²) < 4.78 is 18.0. The second-order valence-electron chi connectivity index (χ2n) is 6.61. The maximum atomic E-state index is 12.9. The Balaban J connectivity index is 1.96. The zero-order valence-electron chi connectivity index (χ0n) is 16.2. The van der Waals surface area contributed by atoms with Crippen molar-refractivity contribution in [2.75, 3.05) is 0 Å². The first-order valence-corrected chi connectivity index (χ1v) is 8.84. The molecule has 1 heterocycles. The predicted molar refractivity (Wildman–Crippen MR) is 100 cm³/mol. The van der Waals surface area contributed by atoms with Crippen LogP contribution in [0, 0.1) is 19.7 Å². The van der Waals surface area contributed by atoms with Crippen molar-refractivity contribution in [3.05, 3.63) is 58.2 Å². The van der Waals surface area contributed by atoms with Gasteiger partial charge in [-0.25, -0.2) is 4.39 Å². The van der Waals surface area contributed by atoms with E-state index in [4.69, 9.17) is 4.74 Å². The summed E-state index contributed by atoms with van der Waals surface area (Å²) in [6.45, 7) is 6.20. The van der Waals surface area contributed by atoms with E-state index in [1.54, 1.807) is 13.8 Å². The van der Waals surface area contributed by atoms with Gasteiger partial charge in [-0.2, -0.15) is 0 Å². The van der Waals surface area contributed by atoms with Crippen molar-refractivity contribution >= 4 is 23.3 Å². The summed E-state index contributed by atoms with van der Waals surface area (Å²) in [6.07, 6.45) is -1.37. The number of carbonyl (C=O) groups excluding carboxylic acids is 4. The Morgan fingerprint density at radius 3 is 2.21 bits per heavy atom. The number of rotatable bonds is 8. The number of ether oxygens (including phenoxy) is 1. The molecule has 0 unspecified atom stereocenters. The molecule has 2 aromatic rings. The highest BCUT2D eigenvalue weighted by molar-refractivity contribution is 6.05. The summed E-state index contributed by atoms with van der Waals surface area (Å²) in [6, 6.07) is 5.03. The number of hydrogen-bond acceptors (Lipinski definition) is 5. The van der Waals surface area contributed by atoms with E-state index in [9.17, 15) is 23.6 Å². The van der Waals surface area contributed by atoms with Crippen molar-refractivity contribution in [1.82, 2.24) is 4.98 Å². The fourth-order valence-corrected chi connectivity index (χ4v) is 3.03. The van der Waals surface area contributed by atoms with E-state index in [2.05, 4.69) is 4.98 Å². The summed E-state index contributed by atoms with van der Waals surface area (Å²) in [5, 5.41) is 0. The average Bonchev–Trinajstić information content (AvgIpc) is 2.93. The summed E-state index contributed by atoms with van der Waals surface area (Å²) in [5.74, 6) is -2.08. The summed E-state index contributed by atoms with van der Waals surface area (Å²) in [7, 11) is 0. The Morgan fingerprint density at radius 2 is 1.68 bits per heavy atom. The van der Waals surface area contributed by atoms with Crippen LogP contribution in [0.3, 0.4) is 0 Å². The minimum absolute atomic E-state index is 0.111. The third kappa shape index (κ3) is 4.79. The topological polar surface area (TPSA) is 93.3 Å². The lowest BCUT2D eigenvalue weighted by atomic mass is 10.0. The molecule has 148 valence electrons. The average molecular weight is 387 g/mol. The molecule has 0 aliphatic heterocycles. The number of aromatic amines is 1. The van der Waals surface area contributed by atoms with Gasteiger partial charge in [-0.1, -0.05) is 0 Å². The number of aromatic nitrogens is 1. The molecule has 0 fully saturated rings. The first kappa shape index (κ1) is 21.2. The molecule has 1 N–H and O–H groups in total. The largest absolute Gasteiger partial charge is 0.454 e. The van der Waals surface area contributed by atoms with E-state index in [1.165, 1.54) is 38.1 Å². The molecule has 2 rings (SSSR count). The van der Waals surface area contributed by atoms with Crippen LogP contribution in [-0.2, 0) is 9.53 Å². The van der Waals surface area contributed by atoms with Crippen LogP contribution in [0.1, 0.15) is 69.2 Å². The quantitative estimate of drug-likeness (QED) is 0.550. The van der Waals surface area contributed by atoms with E-state index in [0.29, 0.717) is 22.4 Å². The number of nitrogens with one attached hydrogen (secondary N) is 1. The second-order valence-corrected chi connectivity index (χ2v) is 6.61. The predicted octanol–water partition coefficient (Wildman–Crippen LogP) is 3.75. The van der Waals surface area contributed by atoms with Gasteiger partial charge in [0.05, 0.1) is 12.1 Å². The van der Waals surface area contributed by atoms with Crippen molar-refractivity contribution in [3.8, 4) is 0 Å². The highest BCUT2D eigenvalue weighted by Gasteiger charge is 2.26. The molecular formula is C21H22FNO5. The van der Waals surface area contributed by atoms with Crippen LogP contribution in [0.4, 0.5) is 4.39 Å². The standard InChI is InChI=1S/C21H22FNO5/c1-11-19(13(3)24)12(2)23-20(11)21(27)14(4)28-18(26)10-9-17(25)15-5-7-16(22)8-6-15/h5-8,14,23H,9-10H2,1-4H3/t14-/m1/s1. The number of hydrogen-bond donors (Lipinski definition) is 1. The van der Waals surface area contributed by atoms with Crippen LogP contribution < -0.4 is 0 Å². The van der Waals surface area contributed by atoms with E-state index in [1.807, 2.05) is 0 Å². The zero-order chi connectivity index (χ0) is 21.0. The zero-order valence-corrected chi connectivity index (χ0v) is 16.2. The van der Waals surface area contributed by atoms with Gasteiger partial charge < -0.3 is 9.72 Å². The molecule has 0 saturated carbocycles. The second kappa shape index (κ2) is 8.73. The molecule has 0 aliphatic rings. The molecule has 0 aliphatic carbocycles. The molecule has 0 bridgehead atoms. The maximum Gasteiger partial charge on any atom is 0.306 e. The third-order valence-electron chi connectivity index (χ3n) is 4.44. The molecule has 0 radical (unpaired) electrons. The minimum atomic E-state index is -1.06. The first-order chi connectivity index (χ1) is 13.1. The Hall–Kier alpha value is -3.09. The summed E-state index contributed by atoms with van der Waals surface area (Å²) in [4.78, 5) is 51.1. The minimum Gasteiger partial charge on any atom is -0.454 e. The molecule has 0 saturated heterocycles. The number of benzene rings is 1. The molecule has 1 aromatic carbocycles. The normalized spacial score (nSPS) is 11.8. The number of ketones is 3.